The molecule has 0 saturated carbocycles. The molecule has 1 atom stereocenters. The van der Waals surface area contributed by atoms with E-state index in [1.54, 1.807) is 0 Å². The van der Waals surface area contributed by atoms with E-state index >= 15 is 0 Å². The third-order valence-corrected chi connectivity index (χ3v) is 6.69. The molecule has 1 rings (SSSR count). The normalized spacial score (nSPS) is 12.7. The molecule has 1 unspecified atom stereocenters. The summed E-state index contributed by atoms with van der Waals surface area (Å²) in [6, 6.07) is 0.627. The van der Waals surface area contributed by atoms with Gasteiger partial charge in [0.1, 0.15) is 12.4 Å². The molecule has 1 aromatic rings. The summed E-state index contributed by atoms with van der Waals surface area (Å²) in [6.45, 7) is 12.9. The number of unbranched alkanes of at least 4 members (excludes halogenated alkanes) is 14. The number of rotatable bonds is 20. The lowest BCUT2D eigenvalue weighted by molar-refractivity contribution is -0.705. The SMILES string of the molecule is CCCCCCCCCCCCC[n+]1ccn(C(C)CCCCCCC)c1C(C)C. The Morgan fingerprint density at radius 2 is 1.13 bits per heavy atom. The van der Waals surface area contributed by atoms with Gasteiger partial charge in [0.15, 0.2) is 0 Å². The Hall–Kier alpha value is -0.790. The van der Waals surface area contributed by atoms with Gasteiger partial charge in [-0.2, -0.15) is 0 Å². The van der Waals surface area contributed by atoms with Crippen molar-refractivity contribution in [3.8, 4) is 0 Å². The first-order chi connectivity index (χ1) is 14.6. The molecule has 0 saturated heterocycles. The van der Waals surface area contributed by atoms with Gasteiger partial charge in [-0.25, -0.2) is 9.13 Å². The van der Waals surface area contributed by atoms with E-state index in [-0.39, 0.29) is 0 Å². The van der Waals surface area contributed by atoms with Crippen LogP contribution in [0.15, 0.2) is 12.4 Å². The van der Waals surface area contributed by atoms with Gasteiger partial charge in [0.2, 0.25) is 0 Å². The van der Waals surface area contributed by atoms with Crippen LogP contribution in [-0.2, 0) is 6.54 Å². The minimum atomic E-state index is 0.593. The molecule has 2 heteroatoms. The average molecular weight is 420 g/mol. The Kier molecular flexibility index (Phi) is 16.2. The van der Waals surface area contributed by atoms with Crippen molar-refractivity contribution < 1.29 is 4.57 Å². The molecule has 176 valence electrons. The molecule has 0 aliphatic heterocycles. The summed E-state index contributed by atoms with van der Waals surface area (Å²) in [7, 11) is 0. The quantitative estimate of drug-likeness (QED) is 0.147. The zero-order chi connectivity index (χ0) is 22.0. The largest absolute Gasteiger partial charge is 0.259 e. The summed E-state index contributed by atoms with van der Waals surface area (Å²) in [4.78, 5) is 0. The van der Waals surface area contributed by atoms with Crippen LogP contribution in [-0.4, -0.2) is 4.57 Å². The number of hydrogen-bond donors (Lipinski definition) is 0. The molecule has 0 radical (unpaired) electrons. The first kappa shape index (κ1) is 27.2. The Balaban J connectivity index is 2.27. The Morgan fingerprint density at radius 3 is 1.63 bits per heavy atom. The van der Waals surface area contributed by atoms with Crippen LogP contribution in [0.1, 0.15) is 162 Å². The highest BCUT2D eigenvalue weighted by atomic mass is 15.2. The minimum absolute atomic E-state index is 0.593. The summed E-state index contributed by atoms with van der Waals surface area (Å²) in [5.74, 6) is 2.12. The standard InChI is InChI=1S/C28H55N2/c1-6-8-10-12-13-14-15-16-17-19-21-23-29-24-25-30(28(29)26(3)4)27(5)22-20-18-11-9-7-2/h24-27H,6-23H2,1-5H3/q+1. The van der Waals surface area contributed by atoms with E-state index < -0.39 is 0 Å². The van der Waals surface area contributed by atoms with Gasteiger partial charge in [-0.1, -0.05) is 111 Å². The first-order valence-corrected chi connectivity index (χ1v) is 13.7. The van der Waals surface area contributed by atoms with Crippen molar-refractivity contribution in [2.45, 2.75) is 162 Å². The second-order valence-electron chi connectivity index (χ2n) is 10.00. The van der Waals surface area contributed by atoms with Crippen LogP contribution in [0.25, 0.3) is 0 Å². The van der Waals surface area contributed by atoms with Crippen LogP contribution in [0.4, 0.5) is 0 Å². The molecule has 0 spiro atoms. The predicted octanol–water partition coefficient (Wildman–Crippen LogP) is 9.13. The van der Waals surface area contributed by atoms with Crippen LogP contribution in [0.5, 0.6) is 0 Å². The molecule has 2 nitrogen and oxygen atoms in total. The van der Waals surface area contributed by atoms with E-state index in [9.17, 15) is 0 Å². The van der Waals surface area contributed by atoms with Crippen molar-refractivity contribution in [2.24, 2.45) is 0 Å². The highest BCUT2D eigenvalue weighted by molar-refractivity contribution is 4.92. The summed E-state index contributed by atoms with van der Waals surface area (Å²) in [5.41, 5.74) is 0. The van der Waals surface area contributed by atoms with E-state index in [0.29, 0.717) is 12.0 Å². The summed E-state index contributed by atoms with van der Waals surface area (Å²) in [5, 5.41) is 0. The van der Waals surface area contributed by atoms with Gasteiger partial charge in [-0.3, -0.25) is 0 Å². The summed E-state index contributed by atoms with van der Waals surface area (Å²) in [6.07, 6.45) is 28.5. The molecule has 1 heterocycles. The highest BCUT2D eigenvalue weighted by Crippen LogP contribution is 2.21. The lowest BCUT2D eigenvalue weighted by Gasteiger charge is -2.14. The van der Waals surface area contributed by atoms with E-state index in [0.717, 1.165) is 0 Å². The first-order valence-electron chi connectivity index (χ1n) is 13.7. The molecule has 0 N–H and O–H groups in total. The minimum Gasteiger partial charge on any atom is -0.234 e. The van der Waals surface area contributed by atoms with Gasteiger partial charge in [0.25, 0.3) is 5.82 Å². The van der Waals surface area contributed by atoms with E-state index in [1.807, 2.05) is 0 Å². The van der Waals surface area contributed by atoms with Gasteiger partial charge >= 0.3 is 0 Å². The second kappa shape index (κ2) is 17.8. The van der Waals surface area contributed by atoms with Crippen LogP contribution in [0.3, 0.4) is 0 Å². The molecule has 0 fully saturated rings. The van der Waals surface area contributed by atoms with Crippen molar-refractivity contribution in [3.63, 3.8) is 0 Å². The van der Waals surface area contributed by atoms with E-state index in [4.69, 9.17) is 0 Å². The molecule has 0 aliphatic carbocycles. The van der Waals surface area contributed by atoms with E-state index in [1.165, 1.54) is 122 Å². The maximum atomic E-state index is 2.57. The topological polar surface area (TPSA) is 8.81 Å². The molecular formula is C28H55N2+. The monoisotopic (exact) mass is 419 g/mol. The average Bonchev–Trinajstić information content (AvgIpc) is 3.16. The fourth-order valence-electron chi connectivity index (χ4n) is 4.77. The van der Waals surface area contributed by atoms with Crippen LogP contribution in [0.2, 0.25) is 0 Å². The molecule has 30 heavy (non-hydrogen) atoms. The summed E-state index contributed by atoms with van der Waals surface area (Å²) >= 11 is 0. The Morgan fingerprint density at radius 1 is 0.667 bits per heavy atom. The van der Waals surface area contributed by atoms with Crippen molar-refractivity contribution in [1.29, 1.82) is 0 Å². The second-order valence-corrected chi connectivity index (χ2v) is 10.00. The van der Waals surface area contributed by atoms with Gasteiger partial charge in [-0.05, 0) is 32.6 Å². The zero-order valence-corrected chi connectivity index (χ0v) is 21.4. The predicted molar refractivity (Wildman–Crippen MR) is 133 cm³/mol. The molecular weight excluding hydrogens is 364 g/mol. The number of aromatic nitrogens is 2. The maximum Gasteiger partial charge on any atom is 0.259 e. The molecule has 0 bridgehead atoms. The lowest BCUT2D eigenvalue weighted by Crippen LogP contribution is -2.38. The number of aryl methyl sites for hydroxylation is 1. The highest BCUT2D eigenvalue weighted by Gasteiger charge is 2.23. The third kappa shape index (κ3) is 11.6. The zero-order valence-electron chi connectivity index (χ0n) is 21.4. The van der Waals surface area contributed by atoms with Crippen molar-refractivity contribution >= 4 is 0 Å². The summed E-state index contributed by atoms with van der Waals surface area (Å²) < 4.78 is 5.12. The fraction of sp³-hybridized carbons (Fsp3) is 0.893. The number of hydrogen-bond acceptors (Lipinski definition) is 0. The maximum absolute atomic E-state index is 2.57. The van der Waals surface area contributed by atoms with Crippen molar-refractivity contribution in [1.82, 2.24) is 4.57 Å². The van der Waals surface area contributed by atoms with Crippen LogP contribution >= 0.6 is 0 Å². The van der Waals surface area contributed by atoms with Gasteiger partial charge < -0.3 is 0 Å². The number of imidazole rings is 1. The van der Waals surface area contributed by atoms with E-state index in [2.05, 4.69) is 56.1 Å². The lowest BCUT2D eigenvalue weighted by atomic mass is 10.1. The number of nitrogens with zero attached hydrogens (tertiary/aromatic N) is 2. The third-order valence-electron chi connectivity index (χ3n) is 6.69. The van der Waals surface area contributed by atoms with Gasteiger partial charge in [0.05, 0.1) is 18.5 Å². The molecule has 1 aromatic heterocycles. The van der Waals surface area contributed by atoms with Gasteiger partial charge in [-0.15, -0.1) is 0 Å². The van der Waals surface area contributed by atoms with Crippen LogP contribution < -0.4 is 4.57 Å². The van der Waals surface area contributed by atoms with Crippen molar-refractivity contribution in [3.05, 3.63) is 18.2 Å². The molecule has 0 aromatic carbocycles. The fourth-order valence-corrected chi connectivity index (χ4v) is 4.77. The van der Waals surface area contributed by atoms with Crippen LogP contribution in [0, 0.1) is 0 Å². The smallest absolute Gasteiger partial charge is 0.234 e. The molecule has 0 amide bonds. The Bertz CT molecular complexity index is 503. The van der Waals surface area contributed by atoms with Gasteiger partial charge in [0, 0.05) is 0 Å². The van der Waals surface area contributed by atoms with Crippen molar-refractivity contribution in [2.75, 3.05) is 0 Å². The Labute approximate surface area is 189 Å². The molecule has 0 aliphatic rings.